The van der Waals surface area contributed by atoms with Crippen LogP contribution in [0.3, 0.4) is 0 Å². The van der Waals surface area contributed by atoms with E-state index in [1.54, 1.807) is 4.13 Å². The zero-order valence-corrected chi connectivity index (χ0v) is 10.3. The Bertz CT molecular complexity index is 62.4. The minimum absolute atomic E-state index is 0. The fraction of sp³-hybridized carbons (Fsp3) is 0.714. The largest absolute Gasteiger partial charge is 1.00 e. The molecule has 0 heterocycles. The smallest absolute Gasteiger partial charge is 0.0149 e. The number of unbranched alkanes of at least 4 members (excludes halogenated alkanes) is 2. The van der Waals surface area contributed by atoms with E-state index in [4.69, 9.17) is 0 Å². The van der Waals surface area contributed by atoms with Crippen LogP contribution in [-0.2, 0) is 23.2 Å². The molecule has 0 nitrogen and oxygen atoms in total. The van der Waals surface area contributed by atoms with Gasteiger partial charge < -0.3 is 24.8 Å². The number of hydrogen-bond donors (Lipinski definition) is 0. The summed E-state index contributed by atoms with van der Waals surface area (Å²) in [5, 5.41) is 0. The van der Waals surface area contributed by atoms with E-state index >= 15 is 0 Å². The summed E-state index contributed by atoms with van der Waals surface area (Å²) in [6, 6.07) is 0. The van der Waals surface area contributed by atoms with E-state index in [1.807, 2.05) is 6.08 Å². The number of rotatable bonds is 5. The third-order valence-corrected chi connectivity index (χ3v) is 3.18. The van der Waals surface area contributed by atoms with E-state index in [9.17, 15) is 0 Å². The van der Waals surface area contributed by atoms with Gasteiger partial charge in [0.25, 0.3) is 0 Å². The van der Waals surface area contributed by atoms with Gasteiger partial charge in [-0.15, -0.1) is 0 Å². The normalized spacial score (nSPS) is 5.91. The van der Waals surface area contributed by atoms with Crippen LogP contribution in [0.15, 0.2) is 12.7 Å². The summed E-state index contributed by atoms with van der Waals surface area (Å²) in [5.41, 5.74) is 0. The molecule has 68 valence electrons. The van der Waals surface area contributed by atoms with Gasteiger partial charge in [-0.05, 0) is 11.0 Å². The van der Waals surface area contributed by atoms with Crippen molar-refractivity contribution in [3.8, 4) is 0 Å². The first-order valence-electron chi connectivity index (χ1n) is 3.17. The Morgan fingerprint density at radius 3 is 2.18 bits per heavy atom. The summed E-state index contributed by atoms with van der Waals surface area (Å²) >= 11 is 0.132. The van der Waals surface area contributed by atoms with Gasteiger partial charge in [0, 0.05) is 0 Å². The SMILES string of the molecule is C=CCCC[CH2][Zr+2][CH3].[Cl-].[Cl-].[SiH4]. The van der Waals surface area contributed by atoms with Crippen LogP contribution in [0.25, 0.3) is 0 Å². The van der Waals surface area contributed by atoms with Gasteiger partial charge in [0.15, 0.2) is 0 Å². The summed E-state index contributed by atoms with van der Waals surface area (Å²) in [6.45, 7) is 3.67. The third-order valence-electron chi connectivity index (χ3n) is 1.09. The predicted octanol–water partition coefficient (Wildman–Crippen LogP) is -4.55. The first kappa shape index (κ1) is 22.8. The van der Waals surface area contributed by atoms with Crippen molar-refractivity contribution >= 4 is 11.0 Å². The molecular weight excluding hydrogens is 274 g/mol. The van der Waals surface area contributed by atoms with Crippen LogP contribution in [0.2, 0.25) is 8.76 Å². The first-order chi connectivity index (χ1) is 3.91. The average molecular weight is 292 g/mol. The van der Waals surface area contributed by atoms with Gasteiger partial charge in [-0.3, -0.25) is 0 Å². The zero-order chi connectivity index (χ0) is 6.24. The fourth-order valence-corrected chi connectivity index (χ4v) is 2.07. The molecule has 0 aliphatic rings. The molecule has 0 N–H and O–H groups in total. The molecule has 0 bridgehead atoms. The fourth-order valence-electron chi connectivity index (χ4n) is 0.590. The predicted molar refractivity (Wildman–Crippen MR) is 46.1 cm³/mol. The molecular formula is C7H18Cl2SiZr. The third kappa shape index (κ3) is 24.6. The van der Waals surface area contributed by atoms with Crippen LogP contribution >= 0.6 is 0 Å². The van der Waals surface area contributed by atoms with Crippen molar-refractivity contribution < 1.29 is 48.0 Å². The molecule has 0 saturated carbocycles. The van der Waals surface area contributed by atoms with E-state index in [2.05, 4.69) is 11.2 Å². The van der Waals surface area contributed by atoms with Crippen molar-refractivity contribution in [2.75, 3.05) is 0 Å². The van der Waals surface area contributed by atoms with Crippen LogP contribution in [0.4, 0.5) is 0 Å². The van der Waals surface area contributed by atoms with Gasteiger partial charge in [0.2, 0.25) is 0 Å². The number of allylic oxidation sites excluding steroid dienone is 1. The molecule has 0 fully saturated rings. The molecule has 0 atom stereocenters. The minimum atomic E-state index is 0. The molecule has 0 amide bonds. The van der Waals surface area contributed by atoms with Crippen LogP contribution in [0, 0.1) is 0 Å². The molecule has 0 aromatic heterocycles. The summed E-state index contributed by atoms with van der Waals surface area (Å²) in [7, 11) is 0. The second-order valence-electron chi connectivity index (χ2n) is 1.89. The van der Waals surface area contributed by atoms with Crippen molar-refractivity contribution in [1.82, 2.24) is 0 Å². The molecule has 0 radical (unpaired) electrons. The van der Waals surface area contributed by atoms with Gasteiger partial charge in [0.1, 0.15) is 0 Å². The van der Waals surface area contributed by atoms with Crippen LogP contribution < -0.4 is 24.8 Å². The van der Waals surface area contributed by atoms with E-state index in [-0.39, 0.29) is 59.0 Å². The maximum Gasteiger partial charge on any atom is -0.0149 e. The Morgan fingerprint density at radius 2 is 1.82 bits per heavy atom. The van der Waals surface area contributed by atoms with Crippen LogP contribution in [0.1, 0.15) is 19.3 Å². The molecule has 0 aliphatic carbocycles. The maximum absolute atomic E-state index is 3.67. The Balaban J connectivity index is -0.0000000817. The summed E-state index contributed by atoms with van der Waals surface area (Å²) in [5.74, 6) is 0. The summed E-state index contributed by atoms with van der Waals surface area (Å²) < 4.78 is 3.95. The van der Waals surface area contributed by atoms with E-state index in [1.165, 1.54) is 19.3 Å². The van der Waals surface area contributed by atoms with Crippen molar-refractivity contribution in [1.29, 1.82) is 0 Å². The summed E-state index contributed by atoms with van der Waals surface area (Å²) in [4.78, 5) is 0. The Kier molecular flexibility index (Phi) is 46.8. The molecule has 4 heteroatoms. The molecule has 11 heavy (non-hydrogen) atoms. The van der Waals surface area contributed by atoms with Crippen molar-refractivity contribution in [3.63, 3.8) is 0 Å². The monoisotopic (exact) mass is 290 g/mol. The van der Waals surface area contributed by atoms with Crippen molar-refractivity contribution in [2.45, 2.75) is 28.0 Å². The minimum Gasteiger partial charge on any atom is -1.00 e. The van der Waals surface area contributed by atoms with Crippen molar-refractivity contribution in [2.24, 2.45) is 0 Å². The second kappa shape index (κ2) is 22.5. The van der Waals surface area contributed by atoms with E-state index < -0.39 is 0 Å². The maximum atomic E-state index is 3.67. The summed E-state index contributed by atoms with van der Waals surface area (Å²) in [6.07, 6.45) is 6.06. The Labute approximate surface area is 99.0 Å². The molecule has 0 aromatic carbocycles. The van der Waals surface area contributed by atoms with Crippen molar-refractivity contribution in [3.05, 3.63) is 12.7 Å². The molecule has 0 rings (SSSR count). The van der Waals surface area contributed by atoms with E-state index in [0.717, 1.165) is 0 Å². The van der Waals surface area contributed by atoms with Gasteiger partial charge >= 0.3 is 63.9 Å². The number of halogens is 2. The first-order valence-corrected chi connectivity index (χ1v) is 7.37. The molecule has 0 saturated heterocycles. The molecule has 0 spiro atoms. The number of hydrogen-bond acceptors (Lipinski definition) is 0. The Hall–Kier alpha value is 1.42. The zero-order valence-electron chi connectivity index (χ0n) is 6.37. The van der Waals surface area contributed by atoms with Gasteiger partial charge in [0.05, 0.1) is 0 Å². The average Bonchev–Trinajstić information content (AvgIpc) is 1.81. The quantitative estimate of drug-likeness (QED) is 0.272. The molecule has 0 unspecified atom stereocenters. The molecule has 0 aromatic rings. The standard InChI is InChI=1S/C6H11.CH3.2ClH.H4Si.Zr/c1-3-5-6-4-2;;;;;/h3H,1-2,4-6H2;1H3;2*1H;1H4;/q;;;;;+2/p-2. The Morgan fingerprint density at radius 1 is 1.27 bits per heavy atom. The topological polar surface area (TPSA) is 0 Å². The molecule has 0 aliphatic heterocycles. The van der Waals surface area contributed by atoms with Gasteiger partial charge in [-0.1, -0.05) is 0 Å². The van der Waals surface area contributed by atoms with Gasteiger partial charge in [-0.2, -0.15) is 0 Å². The second-order valence-corrected chi connectivity index (χ2v) is 4.86. The van der Waals surface area contributed by atoms with E-state index in [0.29, 0.717) is 0 Å². The van der Waals surface area contributed by atoms with Crippen LogP contribution in [-0.4, -0.2) is 11.0 Å². The van der Waals surface area contributed by atoms with Crippen LogP contribution in [0.5, 0.6) is 0 Å². The van der Waals surface area contributed by atoms with Gasteiger partial charge in [-0.25, -0.2) is 0 Å².